The zero-order valence-corrected chi connectivity index (χ0v) is 14.5. The molecule has 2 rings (SSSR count). The van der Waals surface area contributed by atoms with Crippen molar-refractivity contribution in [3.63, 3.8) is 0 Å². The highest BCUT2D eigenvalue weighted by atomic mass is 16.5. The SMILES string of the molecule is CCCCCC(C=O)CC(C(=O)OC)c1cccc2ccccc12. The number of rotatable bonds is 9. The first-order chi connectivity index (χ1) is 11.7. The summed E-state index contributed by atoms with van der Waals surface area (Å²) in [6, 6.07) is 14.0. The highest BCUT2D eigenvalue weighted by Gasteiger charge is 2.26. The van der Waals surface area contributed by atoms with Gasteiger partial charge in [0.05, 0.1) is 13.0 Å². The van der Waals surface area contributed by atoms with Crippen LogP contribution in [0.5, 0.6) is 0 Å². The number of esters is 1. The molecule has 2 atom stereocenters. The lowest BCUT2D eigenvalue weighted by Gasteiger charge is -2.20. The molecule has 0 radical (unpaired) electrons. The van der Waals surface area contributed by atoms with Gasteiger partial charge in [-0.1, -0.05) is 68.7 Å². The third kappa shape index (κ3) is 4.44. The second-order valence-electron chi connectivity index (χ2n) is 6.27. The van der Waals surface area contributed by atoms with Crippen LogP contribution >= 0.6 is 0 Å². The Hall–Kier alpha value is -2.16. The summed E-state index contributed by atoms with van der Waals surface area (Å²) in [5.41, 5.74) is 0.947. The number of unbranched alkanes of at least 4 members (excludes halogenated alkanes) is 2. The van der Waals surface area contributed by atoms with E-state index in [1.54, 1.807) is 0 Å². The minimum atomic E-state index is -0.405. The standard InChI is InChI=1S/C21H26O3/c1-3-4-5-9-16(15-22)14-20(21(23)24-2)19-13-8-11-17-10-6-7-12-18(17)19/h6-8,10-13,15-16,20H,3-5,9,14H2,1-2H3. The second-order valence-corrected chi connectivity index (χ2v) is 6.27. The lowest BCUT2D eigenvalue weighted by atomic mass is 9.84. The quantitative estimate of drug-likeness (QED) is 0.375. The van der Waals surface area contributed by atoms with E-state index in [9.17, 15) is 9.59 Å². The molecule has 2 aromatic carbocycles. The van der Waals surface area contributed by atoms with Crippen molar-refractivity contribution in [1.29, 1.82) is 0 Å². The summed E-state index contributed by atoms with van der Waals surface area (Å²) in [5.74, 6) is -0.786. The Morgan fingerprint density at radius 1 is 1.12 bits per heavy atom. The first-order valence-electron chi connectivity index (χ1n) is 8.72. The molecule has 0 amide bonds. The van der Waals surface area contributed by atoms with E-state index in [-0.39, 0.29) is 11.9 Å². The van der Waals surface area contributed by atoms with Crippen LogP contribution in [0.3, 0.4) is 0 Å². The summed E-state index contributed by atoms with van der Waals surface area (Å²) in [6.45, 7) is 2.14. The van der Waals surface area contributed by atoms with Crippen molar-refractivity contribution in [1.82, 2.24) is 0 Å². The number of hydrogen-bond donors (Lipinski definition) is 0. The topological polar surface area (TPSA) is 43.4 Å². The fourth-order valence-electron chi connectivity index (χ4n) is 3.25. The van der Waals surface area contributed by atoms with Gasteiger partial charge < -0.3 is 9.53 Å². The Balaban J connectivity index is 2.30. The molecule has 0 bridgehead atoms. The van der Waals surface area contributed by atoms with Gasteiger partial charge in [0.15, 0.2) is 0 Å². The van der Waals surface area contributed by atoms with Crippen LogP contribution in [0, 0.1) is 5.92 Å². The Bertz CT molecular complexity index is 672. The molecule has 0 aliphatic rings. The summed E-state index contributed by atoms with van der Waals surface area (Å²) in [6.07, 6.45) is 5.58. The van der Waals surface area contributed by atoms with Crippen molar-refractivity contribution in [2.75, 3.05) is 7.11 Å². The summed E-state index contributed by atoms with van der Waals surface area (Å²) in [4.78, 5) is 23.9. The highest BCUT2D eigenvalue weighted by molar-refractivity contribution is 5.91. The van der Waals surface area contributed by atoms with Crippen molar-refractivity contribution in [3.05, 3.63) is 48.0 Å². The maximum absolute atomic E-state index is 12.4. The maximum atomic E-state index is 12.4. The molecular weight excluding hydrogens is 300 g/mol. The molecule has 3 heteroatoms. The first kappa shape index (κ1) is 18.2. The van der Waals surface area contributed by atoms with Gasteiger partial charge in [-0.25, -0.2) is 0 Å². The molecule has 0 aliphatic carbocycles. The lowest BCUT2D eigenvalue weighted by Crippen LogP contribution is -2.19. The molecular formula is C21H26O3. The molecule has 0 saturated carbocycles. The molecule has 2 unspecified atom stereocenters. The van der Waals surface area contributed by atoms with E-state index < -0.39 is 5.92 Å². The van der Waals surface area contributed by atoms with Crippen molar-refractivity contribution >= 4 is 23.0 Å². The first-order valence-corrected chi connectivity index (χ1v) is 8.72. The second kappa shape index (κ2) is 9.21. The van der Waals surface area contributed by atoms with E-state index in [0.29, 0.717) is 6.42 Å². The molecule has 3 nitrogen and oxygen atoms in total. The Kier molecular flexibility index (Phi) is 6.98. The number of benzene rings is 2. The predicted molar refractivity (Wildman–Crippen MR) is 97.0 cm³/mol. The smallest absolute Gasteiger partial charge is 0.313 e. The number of hydrogen-bond acceptors (Lipinski definition) is 3. The monoisotopic (exact) mass is 326 g/mol. The minimum Gasteiger partial charge on any atom is -0.469 e. The zero-order valence-electron chi connectivity index (χ0n) is 14.5. The van der Waals surface area contributed by atoms with E-state index in [2.05, 4.69) is 6.92 Å². The van der Waals surface area contributed by atoms with Gasteiger partial charge >= 0.3 is 5.97 Å². The van der Waals surface area contributed by atoms with Gasteiger partial charge in [-0.2, -0.15) is 0 Å². The van der Waals surface area contributed by atoms with Crippen molar-refractivity contribution in [2.24, 2.45) is 5.92 Å². The van der Waals surface area contributed by atoms with Crippen molar-refractivity contribution in [3.8, 4) is 0 Å². The van der Waals surface area contributed by atoms with Crippen LogP contribution in [-0.2, 0) is 14.3 Å². The summed E-state index contributed by atoms with van der Waals surface area (Å²) < 4.78 is 5.03. The van der Waals surface area contributed by atoms with Crippen LogP contribution in [-0.4, -0.2) is 19.4 Å². The third-order valence-electron chi connectivity index (χ3n) is 4.59. The van der Waals surface area contributed by atoms with Gasteiger partial charge in [-0.3, -0.25) is 4.79 Å². The number of carbonyl (C=O) groups is 2. The van der Waals surface area contributed by atoms with Gasteiger partial charge in [0.2, 0.25) is 0 Å². The van der Waals surface area contributed by atoms with Gasteiger partial charge in [-0.15, -0.1) is 0 Å². The van der Waals surface area contributed by atoms with Crippen LogP contribution in [0.25, 0.3) is 10.8 Å². The lowest BCUT2D eigenvalue weighted by molar-refractivity contribution is -0.142. The van der Waals surface area contributed by atoms with Crippen molar-refractivity contribution in [2.45, 2.75) is 44.9 Å². The fraction of sp³-hybridized carbons (Fsp3) is 0.429. The Labute approximate surface area is 144 Å². The molecule has 128 valence electrons. The molecule has 0 spiro atoms. The van der Waals surface area contributed by atoms with Gasteiger partial charge in [0, 0.05) is 5.92 Å². The Morgan fingerprint density at radius 2 is 1.88 bits per heavy atom. The largest absolute Gasteiger partial charge is 0.469 e. The van der Waals surface area contributed by atoms with Gasteiger partial charge in [-0.05, 0) is 29.2 Å². The molecule has 0 N–H and O–H groups in total. The number of fused-ring (bicyclic) bond motifs is 1. The summed E-state index contributed by atoms with van der Waals surface area (Å²) in [5, 5.41) is 2.14. The molecule has 0 fully saturated rings. The molecule has 0 heterocycles. The van der Waals surface area contributed by atoms with E-state index in [0.717, 1.165) is 48.3 Å². The Morgan fingerprint density at radius 3 is 2.58 bits per heavy atom. The third-order valence-corrected chi connectivity index (χ3v) is 4.59. The van der Waals surface area contributed by atoms with E-state index >= 15 is 0 Å². The van der Waals surface area contributed by atoms with E-state index in [1.807, 2.05) is 42.5 Å². The van der Waals surface area contributed by atoms with Gasteiger partial charge in [0.25, 0.3) is 0 Å². The summed E-state index contributed by atoms with van der Waals surface area (Å²) in [7, 11) is 1.41. The zero-order chi connectivity index (χ0) is 17.4. The van der Waals surface area contributed by atoms with Crippen LogP contribution in [0.1, 0.15) is 50.5 Å². The van der Waals surface area contributed by atoms with Crippen LogP contribution in [0.4, 0.5) is 0 Å². The average Bonchev–Trinajstić information content (AvgIpc) is 2.63. The molecule has 0 aromatic heterocycles. The normalized spacial score (nSPS) is 13.4. The molecule has 0 aliphatic heterocycles. The van der Waals surface area contributed by atoms with Crippen LogP contribution in [0.15, 0.2) is 42.5 Å². The van der Waals surface area contributed by atoms with Crippen LogP contribution < -0.4 is 0 Å². The minimum absolute atomic E-state index is 0.111. The number of methoxy groups -OCH3 is 1. The number of ether oxygens (including phenoxy) is 1. The highest BCUT2D eigenvalue weighted by Crippen LogP contribution is 2.32. The predicted octanol–water partition coefficient (Wildman–Crippen LogP) is 4.88. The summed E-state index contributed by atoms with van der Waals surface area (Å²) >= 11 is 0. The average molecular weight is 326 g/mol. The molecule has 24 heavy (non-hydrogen) atoms. The molecule has 2 aromatic rings. The number of aldehydes is 1. The van der Waals surface area contributed by atoms with Gasteiger partial charge in [0.1, 0.15) is 6.29 Å². The maximum Gasteiger partial charge on any atom is 0.313 e. The van der Waals surface area contributed by atoms with Crippen LogP contribution in [0.2, 0.25) is 0 Å². The number of carbonyl (C=O) groups excluding carboxylic acids is 2. The van der Waals surface area contributed by atoms with E-state index in [4.69, 9.17) is 4.74 Å². The fourth-order valence-corrected chi connectivity index (χ4v) is 3.25. The molecule has 0 saturated heterocycles. The van der Waals surface area contributed by atoms with Crippen molar-refractivity contribution < 1.29 is 14.3 Å². The van der Waals surface area contributed by atoms with E-state index in [1.165, 1.54) is 7.11 Å².